The first-order valence-electron chi connectivity index (χ1n) is 11.8. The maximum absolute atomic E-state index is 12.3. The molecule has 2 aliphatic heterocycles. The summed E-state index contributed by atoms with van der Waals surface area (Å²) in [6.07, 6.45) is 4.76. The van der Waals surface area contributed by atoms with E-state index in [-0.39, 0.29) is 6.03 Å². The molecule has 33 heavy (non-hydrogen) atoms. The van der Waals surface area contributed by atoms with Gasteiger partial charge >= 0.3 is 6.03 Å². The molecule has 10 heteroatoms. The Kier molecular flexibility index (Phi) is 8.01. The Hall–Kier alpha value is -2.85. The third-order valence-electron chi connectivity index (χ3n) is 6.12. The average molecular weight is 448 g/mol. The number of nitrogens with zero attached hydrogens (tertiary/aromatic N) is 5. The number of carbonyl (C=O) groups excluding carboxylic acids is 1. The van der Waals surface area contributed by atoms with Crippen LogP contribution in [-0.4, -0.2) is 98.0 Å². The summed E-state index contributed by atoms with van der Waals surface area (Å²) in [4.78, 5) is 27.9. The van der Waals surface area contributed by atoms with Gasteiger partial charge in [0.25, 0.3) is 0 Å². The van der Waals surface area contributed by atoms with Gasteiger partial charge in [0.15, 0.2) is 0 Å². The molecule has 0 aliphatic carbocycles. The van der Waals surface area contributed by atoms with Crippen LogP contribution in [0.1, 0.15) is 19.3 Å². The van der Waals surface area contributed by atoms with Crippen molar-refractivity contribution in [1.29, 1.82) is 0 Å². The first kappa shape index (κ1) is 23.3. The van der Waals surface area contributed by atoms with Crippen molar-refractivity contribution in [3.63, 3.8) is 0 Å². The normalized spacial score (nSPS) is 17.2. The van der Waals surface area contributed by atoms with E-state index in [9.17, 15) is 4.79 Å². The molecule has 0 spiro atoms. The second-order valence-corrected chi connectivity index (χ2v) is 8.75. The van der Waals surface area contributed by atoms with E-state index in [1.807, 2.05) is 29.2 Å². The van der Waals surface area contributed by atoms with Crippen molar-refractivity contribution in [2.24, 2.45) is 0 Å². The minimum absolute atomic E-state index is 0.0588. The predicted octanol–water partition coefficient (Wildman–Crippen LogP) is 1.69. The van der Waals surface area contributed by atoms with Gasteiger partial charge in [-0.2, -0.15) is 4.98 Å². The quantitative estimate of drug-likeness (QED) is 0.419. The molecular weight excluding hydrogens is 415 g/mol. The first-order valence-corrected chi connectivity index (χ1v) is 11.8. The number of nitrogens with one attached hydrogen (secondary N) is 3. The van der Waals surface area contributed by atoms with Crippen LogP contribution in [0.5, 0.6) is 0 Å². The molecule has 0 unspecified atom stereocenters. The Morgan fingerprint density at radius 1 is 1.09 bits per heavy atom. The van der Waals surface area contributed by atoms with Crippen LogP contribution in [0.4, 0.5) is 27.9 Å². The number of rotatable bonds is 8. The lowest BCUT2D eigenvalue weighted by atomic mass is 9.99. The molecule has 0 bridgehead atoms. The zero-order chi connectivity index (χ0) is 23.0. The van der Waals surface area contributed by atoms with Gasteiger partial charge in [-0.15, -0.1) is 0 Å². The van der Waals surface area contributed by atoms with E-state index >= 15 is 0 Å². The summed E-state index contributed by atoms with van der Waals surface area (Å²) in [5.74, 6) is 1.08. The highest BCUT2D eigenvalue weighted by atomic mass is 16.2. The SMILES string of the molecule is [B]c1cnc(Nc2cccc(NC(=O)N3CCCC3)c2)nc1NCCCN1CCN(C)CC1. The number of amides is 2. The lowest BCUT2D eigenvalue weighted by Gasteiger charge is -2.32. The van der Waals surface area contributed by atoms with Crippen molar-refractivity contribution in [3.8, 4) is 0 Å². The van der Waals surface area contributed by atoms with Gasteiger partial charge in [0, 0.05) is 63.4 Å². The number of hydrogen-bond acceptors (Lipinski definition) is 7. The lowest BCUT2D eigenvalue weighted by molar-refractivity contribution is 0.154. The van der Waals surface area contributed by atoms with Crippen LogP contribution in [-0.2, 0) is 0 Å². The highest BCUT2D eigenvalue weighted by molar-refractivity contribution is 6.35. The van der Waals surface area contributed by atoms with Crippen LogP contribution in [0.2, 0.25) is 0 Å². The third kappa shape index (κ3) is 6.82. The monoisotopic (exact) mass is 448 g/mol. The first-order chi connectivity index (χ1) is 16.1. The van der Waals surface area contributed by atoms with E-state index in [4.69, 9.17) is 7.85 Å². The van der Waals surface area contributed by atoms with E-state index < -0.39 is 0 Å². The van der Waals surface area contributed by atoms with E-state index in [2.05, 4.69) is 42.8 Å². The Balaban J connectivity index is 1.28. The number of aromatic nitrogens is 2. The minimum Gasteiger partial charge on any atom is -0.370 e. The number of likely N-dealkylation sites (tertiary alicyclic amines) is 1. The molecule has 3 heterocycles. The van der Waals surface area contributed by atoms with Gasteiger partial charge in [-0.25, -0.2) is 9.78 Å². The molecule has 2 radical (unpaired) electrons. The fraction of sp³-hybridized carbons (Fsp3) is 0.522. The molecule has 0 saturated carbocycles. The second kappa shape index (κ2) is 11.3. The molecule has 2 amide bonds. The summed E-state index contributed by atoms with van der Waals surface area (Å²) < 4.78 is 0. The smallest absolute Gasteiger partial charge is 0.321 e. The average Bonchev–Trinajstić information content (AvgIpc) is 3.35. The molecule has 174 valence electrons. The molecule has 0 atom stereocenters. The van der Waals surface area contributed by atoms with Crippen molar-refractivity contribution in [2.45, 2.75) is 19.3 Å². The van der Waals surface area contributed by atoms with Gasteiger partial charge in [0.1, 0.15) is 13.7 Å². The summed E-state index contributed by atoms with van der Waals surface area (Å²) in [5.41, 5.74) is 2.04. The van der Waals surface area contributed by atoms with Crippen molar-refractivity contribution >= 4 is 42.5 Å². The van der Waals surface area contributed by atoms with Gasteiger partial charge < -0.3 is 30.7 Å². The fourth-order valence-corrected chi connectivity index (χ4v) is 4.10. The maximum Gasteiger partial charge on any atom is 0.321 e. The van der Waals surface area contributed by atoms with Crippen LogP contribution in [0.15, 0.2) is 30.5 Å². The van der Waals surface area contributed by atoms with Crippen LogP contribution >= 0.6 is 0 Å². The van der Waals surface area contributed by atoms with Crippen molar-refractivity contribution in [2.75, 3.05) is 75.4 Å². The van der Waals surface area contributed by atoms with Gasteiger partial charge in [-0.3, -0.25) is 0 Å². The molecule has 1 aromatic carbocycles. The molecular formula is C23H33BN8O. The summed E-state index contributed by atoms with van der Waals surface area (Å²) >= 11 is 0. The summed E-state index contributed by atoms with van der Waals surface area (Å²) in [6, 6.07) is 7.48. The number of benzene rings is 1. The Morgan fingerprint density at radius 3 is 2.64 bits per heavy atom. The third-order valence-corrected chi connectivity index (χ3v) is 6.12. The van der Waals surface area contributed by atoms with Crippen molar-refractivity contribution < 1.29 is 4.79 Å². The molecule has 3 N–H and O–H groups in total. The highest BCUT2D eigenvalue weighted by Gasteiger charge is 2.18. The molecule has 2 fully saturated rings. The Labute approximate surface area is 197 Å². The van der Waals surface area contributed by atoms with Crippen molar-refractivity contribution in [1.82, 2.24) is 24.7 Å². The van der Waals surface area contributed by atoms with Gasteiger partial charge in [0.05, 0.1) is 0 Å². The number of anilines is 4. The molecule has 4 rings (SSSR count). The molecule has 2 aliphatic rings. The zero-order valence-electron chi connectivity index (χ0n) is 19.4. The van der Waals surface area contributed by atoms with E-state index in [0.29, 0.717) is 17.2 Å². The predicted molar refractivity (Wildman–Crippen MR) is 134 cm³/mol. The molecule has 2 aromatic rings. The highest BCUT2D eigenvalue weighted by Crippen LogP contribution is 2.19. The topological polar surface area (TPSA) is 88.7 Å². The summed E-state index contributed by atoms with van der Waals surface area (Å²) in [5, 5.41) is 9.51. The maximum atomic E-state index is 12.3. The standard InChI is InChI=1S/C23H33BN8O/c1-30-12-14-31(15-13-30)9-5-8-25-21-20(24)17-26-22(29-21)27-18-6-4-7-19(16-18)28-23(33)32-10-2-3-11-32/h4,6-7,16-17H,2-3,5,8-15H2,1H3,(H,28,33)(H2,25,26,27,29). The summed E-state index contributed by atoms with van der Waals surface area (Å²) in [7, 11) is 8.25. The van der Waals surface area contributed by atoms with E-state index in [1.54, 1.807) is 6.20 Å². The van der Waals surface area contributed by atoms with E-state index in [1.165, 1.54) is 0 Å². The fourth-order valence-electron chi connectivity index (χ4n) is 4.10. The minimum atomic E-state index is -0.0588. The molecule has 2 saturated heterocycles. The Morgan fingerprint density at radius 2 is 1.85 bits per heavy atom. The molecule has 9 nitrogen and oxygen atoms in total. The lowest BCUT2D eigenvalue weighted by Crippen LogP contribution is -2.44. The van der Waals surface area contributed by atoms with Crippen LogP contribution < -0.4 is 21.4 Å². The number of carbonyl (C=O) groups is 1. The van der Waals surface area contributed by atoms with Gasteiger partial charge in [0.2, 0.25) is 5.95 Å². The number of urea groups is 1. The second-order valence-electron chi connectivity index (χ2n) is 8.75. The number of likely N-dealkylation sites (N-methyl/N-ethyl adjacent to an activating group) is 1. The van der Waals surface area contributed by atoms with Crippen molar-refractivity contribution in [3.05, 3.63) is 30.5 Å². The largest absolute Gasteiger partial charge is 0.370 e. The van der Waals surface area contributed by atoms with E-state index in [0.717, 1.165) is 83.0 Å². The number of hydrogen-bond donors (Lipinski definition) is 3. The Bertz CT molecular complexity index is 928. The van der Waals surface area contributed by atoms with Crippen LogP contribution in [0, 0.1) is 0 Å². The van der Waals surface area contributed by atoms with Crippen LogP contribution in [0.25, 0.3) is 0 Å². The van der Waals surface area contributed by atoms with Crippen LogP contribution in [0.3, 0.4) is 0 Å². The zero-order valence-corrected chi connectivity index (χ0v) is 19.4. The van der Waals surface area contributed by atoms with Gasteiger partial charge in [-0.05, 0) is 56.5 Å². The summed E-state index contributed by atoms with van der Waals surface area (Å²) in [6.45, 7) is 7.99. The van der Waals surface area contributed by atoms with Gasteiger partial charge in [-0.1, -0.05) is 6.07 Å². The number of piperazine rings is 1. The molecule has 1 aromatic heterocycles.